The minimum Gasteiger partial charge on any atom is -0.497 e. The second-order valence-electron chi connectivity index (χ2n) is 7.71. The zero-order valence-corrected chi connectivity index (χ0v) is 17.5. The fraction of sp³-hybridized carbons (Fsp3) is 0.391. The largest absolute Gasteiger partial charge is 0.497 e. The first-order valence-electron chi connectivity index (χ1n) is 10.4. The van der Waals surface area contributed by atoms with Crippen molar-refractivity contribution in [2.24, 2.45) is 0 Å². The van der Waals surface area contributed by atoms with Crippen LogP contribution in [0.25, 0.3) is 11.0 Å². The highest BCUT2D eigenvalue weighted by atomic mass is 16.5. The van der Waals surface area contributed by atoms with E-state index in [0.29, 0.717) is 30.1 Å². The lowest BCUT2D eigenvalue weighted by Gasteiger charge is -2.35. The highest BCUT2D eigenvalue weighted by molar-refractivity contribution is 5.85. The number of carbonyl (C=O) groups is 1. The number of piperidine rings is 1. The van der Waals surface area contributed by atoms with Crippen LogP contribution in [0.4, 0.5) is 5.82 Å². The molecule has 4 rings (SSSR count). The Bertz CT molecular complexity index is 1050. The smallest absolute Gasteiger partial charge is 0.223 e. The van der Waals surface area contributed by atoms with Crippen molar-refractivity contribution in [3.63, 3.8) is 0 Å². The van der Waals surface area contributed by atoms with Gasteiger partial charge in [-0.1, -0.05) is 12.1 Å². The van der Waals surface area contributed by atoms with Gasteiger partial charge < -0.3 is 15.4 Å². The number of rotatable bonds is 5. The fourth-order valence-electron chi connectivity index (χ4n) is 4.07. The van der Waals surface area contributed by atoms with Crippen molar-refractivity contribution in [2.45, 2.75) is 45.1 Å². The highest BCUT2D eigenvalue weighted by Crippen LogP contribution is 2.32. The molecule has 30 heavy (non-hydrogen) atoms. The number of benzene rings is 1. The lowest BCUT2D eigenvalue weighted by atomic mass is 9.97. The monoisotopic (exact) mass is 405 g/mol. The fourth-order valence-corrected chi connectivity index (χ4v) is 4.07. The number of hydrogen-bond acceptors (Lipinski definition) is 6. The van der Waals surface area contributed by atoms with Crippen molar-refractivity contribution in [1.29, 1.82) is 0 Å². The van der Waals surface area contributed by atoms with Crippen molar-refractivity contribution in [2.75, 3.05) is 19.4 Å². The number of nitrogens with zero attached hydrogens (tertiary/aromatic N) is 4. The number of ether oxygens (including phenoxy) is 1. The van der Waals surface area contributed by atoms with E-state index >= 15 is 0 Å². The summed E-state index contributed by atoms with van der Waals surface area (Å²) in [6.07, 6.45) is 4.20. The lowest BCUT2D eigenvalue weighted by Crippen LogP contribution is -2.39. The summed E-state index contributed by atoms with van der Waals surface area (Å²) >= 11 is 0. The quantitative estimate of drug-likeness (QED) is 0.697. The molecule has 1 atom stereocenters. The lowest BCUT2D eigenvalue weighted by molar-refractivity contribution is -0.135. The zero-order chi connectivity index (χ0) is 21.1. The number of nitrogen functional groups attached to an aromatic ring is 1. The van der Waals surface area contributed by atoms with Crippen molar-refractivity contribution in [3.05, 3.63) is 53.5 Å². The molecule has 2 N–H and O–H groups in total. The predicted octanol–water partition coefficient (Wildman–Crippen LogP) is 3.61. The van der Waals surface area contributed by atoms with E-state index in [-0.39, 0.29) is 11.9 Å². The molecule has 3 aromatic rings. The zero-order valence-electron chi connectivity index (χ0n) is 17.5. The molecule has 7 heteroatoms. The number of hydrogen-bond donors (Lipinski definition) is 1. The molecule has 1 fully saturated rings. The van der Waals surface area contributed by atoms with Gasteiger partial charge in [0.05, 0.1) is 24.2 Å². The molecule has 0 spiro atoms. The van der Waals surface area contributed by atoms with Crippen LogP contribution in [-0.4, -0.2) is 39.4 Å². The number of methoxy groups -OCH3 is 1. The van der Waals surface area contributed by atoms with Gasteiger partial charge in [0.15, 0.2) is 5.65 Å². The van der Waals surface area contributed by atoms with Gasteiger partial charge in [-0.05, 0) is 62.4 Å². The van der Waals surface area contributed by atoms with Crippen LogP contribution < -0.4 is 10.5 Å². The molecule has 3 heterocycles. The SMILES string of the molecule is COc1ccc(CCC(=O)N2CCCCC2c2ccc3c(N)nc(C)nc3n2)cc1. The molecule has 0 saturated carbocycles. The molecule has 0 bridgehead atoms. The molecule has 0 aliphatic carbocycles. The van der Waals surface area contributed by atoms with Crippen molar-refractivity contribution in [3.8, 4) is 5.75 Å². The average molecular weight is 406 g/mol. The number of aromatic nitrogens is 3. The van der Waals surface area contributed by atoms with E-state index in [9.17, 15) is 4.79 Å². The number of amides is 1. The van der Waals surface area contributed by atoms with Gasteiger partial charge in [-0.15, -0.1) is 0 Å². The second kappa shape index (κ2) is 8.65. The summed E-state index contributed by atoms with van der Waals surface area (Å²) in [5.41, 5.74) is 8.60. The molecule has 0 radical (unpaired) electrons. The molecule has 1 aliphatic heterocycles. The summed E-state index contributed by atoms with van der Waals surface area (Å²) in [6, 6.07) is 11.7. The Labute approximate surface area is 176 Å². The molecular formula is C23H27N5O2. The molecular weight excluding hydrogens is 378 g/mol. The molecule has 1 aromatic carbocycles. The van der Waals surface area contributed by atoms with Crippen LogP contribution >= 0.6 is 0 Å². The summed E-state index contributed by atoms with van der Waals surface area (Å²) in [7, 11) is 1.65. The molecule has 2 aromatic heterocycles. The maximum atomic E-state index is 13.1. The first-order chi connectivity index (χ1) is 14.5. The Morgan fingerprint density at radius 1 is 1.13 bits per heavy atom. The molecule has 1 amide bonds. The summed E-state index contributed by atoms with van der Waals surface area (Å²) in [5.74, 6) is 2.02. The van der Waals surface area contributed by atoms with Crippen molar-refractivity contribution < 1.29 is 9.53 Å². The van der Waals surface area contributed by atoms with Crippen LogP contribution in [-0.2, 0) is 11.2 Å². The van der Waals surface area contributed by atoms with E-state index in [2.05, 4.69) is 9.97 Å². The van der Waals surface area contributed by atoms with Gasteiger partial charge in [0.1, 0.15) is 17.4 Å². The van der Waals surface area contributed by atoms with Gasteiger partial charge >= 0.3 is 0 Å². The van der Waals surface area contributed by atoms with Crippen LogP contribution in [0.3, 0.4) is 0 Å². The number of pyridine rings is 1. The van der Waals surface area contributed by atoms with Crippen LogP contribution in [0, 0.1) is 6.92 Å². The maximum Gasteiger partial charge on any atom is 0.223 e. The Morgan fingerprint density at radius 3 is 2.70 bits per heavy atom. The maximum absolute atomic E-state index is 13.1. The van der Waals surface area contributed by atoms with Crippen LogP contribution in [0.2, 0.25) is 0 Å². The van der Waals surface area contributed by atoms with Gasteiger partial charge in [0.25, 0.3) is 0 Å². The summed E-state index contributed by atoms with van der Waals surface area (Å²) < 4.78 is 5.20. The molecule has 156 valence electrons. The highest BCUT2D eigenvalue weighted by Gasteiger charge is 2.29. The van der Waals surface area contributed by atoms with Gasteiger partial charge in [-0.25, -0.2) is 15.0 Å². The van der Waals surface area contributed by atoms with E-state index in [1.165, 1.54) is 0 Å². The summed E-state index contributed by atoms with van der Waals surface area (Å²) in [6.45, 7) is 2.57. The number of nitrogens with two attached hydrogens (primary N) is 1. The molecule has 1 saturated heterocycles. The third kappa shape index (κ3) is 4.20. The minimum absolute atomic E-state index is 0.0250. The number of fused-ring (bicyclic) bond motifs is 1. The predicted molar refractivity (Wildman–Crippen MR) is 116 cm³/mol. The minimum atomic E-state index is -0.0250. The Morgan fingerprint density at radius 2 is 1.93 bits per heavy atom. The van der Waals surface area contributed by atoms with E-state index in [1.807, 2.05) is 41.3 Å². The van der Waals surface area contributed by atoms with Gasteiger partial charge in [-0.2, -0.15) is 0 Å². The number of carbonyl (C=O) groups excluding carboxylic acids is 1. The van der Waals surface area contributed by atoms with Crippen molar-refractivity contribution >= 4 is 22.8 Å². The normalized spacial score (nSPS) is 16.6. The Hall–Kier alpha value is -3.22. The van der Waals surface area contributed by atoms with Crippen LogP contribution in [0.1, 0.15) is 48.8 Å². The average Bonchev–Trinajstić information content (AvgIpc) is 2.77. The molecule has 1 unspecified atom stereocenters. The van der Waals surface area contributed by atoms with Gasteiger partial charge in [-0.3, -0.25) is 4.79 Å². The van der Waals surface area contributed by atoms with Crippen LogP contribution in [0.5, 0.6) is 5.75 Å². The Kier molecular flexibility index (Phi) is 5.79. The number of anilines is 1. The number of aryl methyl sites for hydroxylation is 2. The van der Waals surface area contributed by atoms with E-state index in [1.54, 1.807) is 14.0 Å². The van der Waals surface area contributed by atoms with E-state index in [4.69, 9.17) is 15.5 Å². The van der Waals surface area contributed by atoms with Crippen molar-refractivity contribution in [1.82, 2.24) is 19.9 Å². The second-order valence-corrected chi connectivity index (χ2v) is 7.71. The first kappa shape index (κ1) is 20.1. The summed E-state index contributed by atoms with van der Waals surface area (Å²) in [4.78, 5) is 28.5. The van der Waals surface area contributed by atoms with Gasteiger partial charge in [0, 0.05) is 13.0 Å². The summed E-state index contributed by atoms with van der Waals surface area (Å²) in [5, 5.41) is 0.748. The first-order valence-corrected chi connectivity index (χ1v) is 10.4. The van der Waals surface area contributed by atoms with Crippen LogP contribution in [0.15, 0.2) is 36.4 Å². The molecule has 7 nitrogen and oxygen atoms in total. The third-order valence-electron chi connectivity index (χ3n) is 5.67. The standard InChI is InChI=1S/C23H27N5O2/c1-15-25-22(24)18-11-12-19(27-23(18)26-15)20-5-3-4-14-28(20)21(29)13-8-16-6-9-17(30-2)10-7-16/h6-7,9-12,20H,3-5,8,13-14H2,1-2H3,(H2,24,25,26,27). The topological polar surface area (TPSA) is 94.2 Å². The molecule has 1 aliphatic rings. The number of likely N-dealkylation sites (tertiary alicyclic amines) is 1. The van der Waals surface area contributed by atoms with E-state index < -0.39 is 0 Å². The van der Waals surface area contributed by atoms with Gasteiger partial charge in [0.2, 0.25) is 5.91 Å². The Balaban J connectivity index is 1.52. The van der Waals surface area contributed by atoms with E-state index in [0.717, 1.165) is 48.2 Å². The third-order valence-corrected chi connectivity index (χ3v) is 5.67.